The zero-order valence-corrected chi connectivity index (χ0v) is 15.9. The van der Waals surface area contributed by atoms with Gasteiger partial charge in [0.25, 0.3) is 0 Å². The molecule has 0 fully saturated rings. The van der Waals surface area contributed by atoms with E-state index in [1.54, 1.807) is 6.07 Å². The van der Waals surface area contributed by atoms with Gasteiger partial charge in [0.05, 0.1) is 5.56 Å². The highest BCUT2D eigenvalue weighted by molar-refractivity contribution is 7.81. The molecule has 1 aromatic heterocycles. The first kappa shape index (κ1) is 17.9. The maximum absolute atomic E-state index is 13.1. The number of ketones is 2. The van der Waals surface area contributed by atoms with Gasteiger partial charge in [-0.15, -0.1) is 0 Å². The van der Waals surface area contributed by atoms with E-state index in [0.717, 1.165) is 0 Å². The van der Waals surface area contributed by atoms with Crippen LogP contribution in [0, 0.1) is 0 Å². The van der Waals surface area contributed by atoms with Crippen molar-refractivity contribution >= 4 is 32.7 Å². The van der Waals surface area contributed by atoms with Crippen LogP contribution in [-0.2, 0) is 15.8 Å². The van der Waals surface area contributed by atoms with E-state index in [4.69, 9.17) is 8.97 Å². The van der Waals surface area contributed by atoms with Crippen LogP contribution >= 0.6 is 0 Å². The van der Waals surface area contributed by atoms with E-state index in [9.17, 15) is 23.1 Å². The Labute approximate surface area is 164 Å². The summed E-state index contributed by atoms with van der Waals surface area (Å²) in [5.41, 5.74) is 1.05. The molecule has 29 heavy (non-hydrogen) atoms. The number of carbonyl (C=O) groups excluding carboxylic acids is 2. The Morgan fingerprint density at radius 1 is 1.14 bits per heavy atom. The molecule has 2 aliphatic rings. The van der Waals surface area contributed by atoms with Gasteiger partial charge in [0.1, 0.15) is 12.0 Å². The molecule has 0 radical (unpaired) electrons. The summed E-state index contributed by atoms with van der Waals surface area (Å²) in [4.78, 5) is 25.4. The average molecular weight is 414 g/mol. The Kier molecular flexibility index (Phi) is 3.37. The van der Waals surface area contributed by atoms with Gasteiger partial charge < -0.3 is 13.7 Å². The molecule has 1 heterocycles. The first-order valence-corrected chi connectivity index (χ1v) is 10.1. The summed E-state index contributed by atoms with van der Waals surface area (Å²) < 4.78 is 41.7. The molecule has 2 aromatic carbocycles. The Balaban J connectivity index is 1.86. The smallest absolute Gasteiger partial charge is 0.446 e. The van der Waals surface area contributed by atoms with Crippen molar-refractivity contribution in [2.75, 3.05) is 0 Å². The second-order valence-corrected chi connectivity index (χ2v) is 8.50. The van der Waals surface area contributed by atoms with Crippen molar-refractivity contribution in [2.45, 2.75) is 25.2 Å². The minimum atomic E-state index is -4.80. The largest absolute Gasteiger partial charge is 0.507 e. The van der Waals surface area contributed by atoms with Crippen molar-refractivity contribution in [1.82, 2.24) is 0 Å². The van der Waals surface area contributed by atoms with Crippen molar-refractivity contribution in [1.29, 1.82) is 0 Å². The van der Waals surface area contributed by atoms with Gasteiger partial charge in [-0.1, -0.05) is 6.92 Å². The molecule has 3 aromatic rings. The van der Waals surface area contributed by atoms with Crippen LogP contribution < -0.4 is 4.18 Å². The number of benzene rings is 2. The zero-order valence-electron chi connectivity index (χ0n) is 15.1. The van der Waals surface area contributed by atoms with Crippen LogP contribution in [-0.4, -0.2) is 29.6 Å². The molecule has 9 heteroatoms. The second kappa shape index (κ2) is 5.46. The molecule has 2 aliphatic carbocycles. The van der Waals surface area contributed by atoms with Gasteiger partial charge in [-0.2, -0.15) is 8.42 Å². The number of phenols is 1. The minimum Gasteiger partial charge on any atom is -0.507 e. The van der Waals surface area contributed by atoms with Crippen molar-refractivity contribution in [3.8, 4) is 11.5 Å². The Morgan fingerprint density at radius 3 is 2.62 bits per heavy atom. The summed E-state index contributed by atoms with van der Waals surface area (Å²) in [6.07, 6.45) is 2.01. The number of hydrogen-bond acceptors (Lipinski definition) is 7. The number of aromatic hydroxyl groups is 1. The van der Waals surface area contributed by atoms with E-state index < -0.39 is 21.6 Å². The van der Waals surface area contributed by atoms with Crippen molar-refractivity contribution < 1.29 is 36.3 Å². The number of hydrogen-bond donors (Lipinski definition) is 2. The van der Waals surface area contributed by atoms with Crippen LogP contribution in [0.4, 0.5) is 0 Å². The summed E-state index contributed by atoms with van der Waals surface area (Å²) in [5.74, 6) is -0.793. The molecular weight excluding hydrogens is 400 g/mol. The quantitative estimate of drug-likeness (QED) is 0.612. The van der Waals surface area contributed by atoms with Crippen LogP contribution in [0.15, 0.2) is 34.9 Å². The van der Waals surface area contributed by atoms with E-state index >= 15 is 0 Å². The lowest BCUT2D eigenvalue weighted by atomic mass is 9.62. The van der Waals surface area contributed by atoms with Crippen LogP contribution in [0.5, 0.6) is 11.5 Å². The van der Waals surface area contributed by atoms with Crippen molar-refractivity contribution in [3.63, 3.8) is 0 Å². The van der Waals surface area contributed by atoms with E-state index in [-0.39, 0.29) is 40.2 Å². The van der Waals surface area contributed by atoms with Gasteiger partial charge in [0.15, 0.2) is 17.3 Å². The molecular formula is C20H14O8S. The van der Waals surface area contributed by atoms with Gasteiger partial charge >= 0.3 is 10.4 Å². The molecule has 0 saturated carbocycles. The third kappa shape index (κ3) is 2.37. The number of Topliss-reactive ketones (excluding diaryl/α,β-unsaturated/α-hetero) is 1. The van der Waals surface area contributed by atoms with Crippen molar-refractivity contribution in [2.24, 2.45) is 0 Å². The molecule has 148 valence electrons. The molecule has 0 bridgehead atoms. The topological polar surface area (TPSA) is 131 Å². The van der Waals surface area contributed by atoms with Crippen LogP contribution in [0.25, 0.3) is 10.8 Å². The van der Waals surface area contributed by atoms with E-state index in [0.29, 0.717) is 28.7 Å². The highest BCUT2D eigenvalue weighted by Crippen LogP contribution is 2.51. The number of furan rings is 1. The number of carbonyl (C=O) groups is 2. The number of phenolic OH excluding ortho intramolecular Hbond substituents is 1. The predicted molar refractivity (Wildman–Crippen MR) is 99.9 cm³/mol. The highest BCUT2D eigenvalue weighted by atomic mass is 32.3. The fourth-order valence-corrected chi connectivity index (χ4v) is 4.85. The lowest BCUT2D eigenvalue weighted by molar-refractivity contribution is 0.0958. The Bertz CT molecular complexity index is 1360. The van der Waals surface area contributed by atoms with Gasteiger partial charge in [0.2, 0.25) is 5.78 Å². The monoisotopic (exact) mass is 414 g/mol. The van der Waals surface area contributed by atoms with Crippen molar-refractivity contribution in [3.05, 3.63) is 58.5 Å². The van der Waals surface area contributed by atoms with Crippen LogP contribution in [0.2, 0.25) is 0 Å². The fourth-order valence-electron chi connectivity index (χ4n) is 4.47. The molecule has 0 unspecified atom stereocenters. The summed E-state index contributed by atoms with van der Waals surface area (Å²) in [6.45, 7) is 1.89. The molecule has 0 amide bonds. The number of rotatable bonds is 2. The standard InChI is InChI=1S/C20H14O8S/c1-20-5-4-15(22)12-8-27-19(17(12)20)18(23)11-6-9-10(7-13(11)20)16(3-2-14(9)21)28-29(24,25)26/h2-3,6-8,21H,4-5H2,1H3,(H,24,25,26)/t20-/m0/s1. The lowest BCUT2D eigenvalue weighted by Gasteiger charge is -2.38. The third-order valence-electron chi connectivity index (χ3n) is 5.83. The maximum Gasteiger partial charge on any atom is 0.446 e. The molecule has 1 atom stereocenters. The van der Waals surface area contributed by atoms with Crippen LogP contribution in [0.1, 0.15) is 57.4 Å². The minimum absolute atomic E-state index is 0.0995. The Morgan fingerprint density at radius 2 is 1.90 bits per heavy atom. The average Bonchev–Trinajstić information content (AvgIpc) is 3.11. The van der Waals surface area contributed by atoms with E-state index in [1.165, 1.54) is 24.5 Å². The first-order valence-electron chi connectivity index (χ1n) is 8.77. The summed E-state index contributed by atoms with van der Waals surface area (Å²) >= 11 is 0. The zero-order chi connectivity index (χ0) is 20.7. The molecule has 0 aliphatic heterocycles. The van der Waals surface area contributed by atoms with E-state index in [2.05, 4.69) is 4.18 Å². The first-order chi connectivity index (χ1) is 13.6. The third-order valence-corrected chi connectivity index (χ3v) is 6.22. The highest BCUT2D eigenvalue weighted by Gasteiger charge is 2.48. The van der Waals surface area contributed by atoms with E-state index in [1.807, 2.05) is 6.92 Å². The van der Waals surface area contributed by atoms with Gasteiger partial charge in [-0.25, -0.2) is 0 Å². The van der Waals surface area contributed by atoms with Crippen LogP contribution in [0.3, 0.4) is 0 Å². The second-order valence-electron chi connectivity index (χ2n) is 7.48. The fraction of sp³-hybridized carbons (Fsp3) is 0.200. The summed E-state index contributed by atoms with van der Waals surface area (Å²) in [6, 6.07) is 5.44. The molecule has 2 N–H and O–H groups in total. The van der Waals surface area contributed by atoms with Gasteiger partial charge in [0, 0.05) is 33.7 Å². The number of fused-ring (bicyclic) bond motifs is 3. The maximum atomic E-state index is 13.1. The SMILES string of the molecule is C[C@@]12CCC(=O)c3coc(c31)C(=O)c1cc3c(O)ccc(OS(=O)(=O)O)c3cc12. The molecule has 5 rings (SSSR count). The Hall–Kier alpha value is -3.17. The molecule has 8 nitrogen and oxygen atoms in total. The normalized spacial score (nSPS) is 20.5. The van der Waals surface area contributed by atoms with Gasteiger partial charge in [-0.05, 0) is 36.2 Å². The summed E-state index contributed by atoms with van der Waals surface area (Å²) in [5, 5.41) is 10.7. The predicted octanol–water partition coefficient (Wildman–Crippen LogP) is 3.15. The lowest BCUT2D eigenvalue weighted by Crippen LogP contribution is -2.37. The summed E-state index contributed by atoms with van der Waals surface area (Å²) in [7, 11) is -4.80. The molecule has 0 saturated heterocycles. The van der Waals surface area contributed by atoms with Gasteiger partial charge in [-0.3, -0.25) is 14.1 Å². The molecule has 0 spiro atoms.